The van der Waals surface area contributed by atoms with Gasteiger partial charge in [-0.3, -0.25) is 0 Å². The van der Waals surface area contributed by atoms with Crippen LogP contribution >= 0.6 is 0 Å². The fraction of sp³-hybridized carbons (Fsp3) is 0.0323. The van der Waals surface area contributed by atoms with E-state index < -0.39 is 0 Å². The molecule has 0 spiro atoms. The number of fused-ring (bicyclic) bond motifs is 9. The molecule has 13 rings (SSSR count). The van der Waals surface area contributed by atoms with E-state index in [-0.39, 0.29) is 0 Å². The second-order valence-corrected chi connectivity index (χ2v) is 17.3. The van der Waals surface area contributed by atoms with Gasteiger partial charge < -0.3 is 13.6 Å². The lowest BCUT2D eigenvalue weighted by Crippen LogP contribution is -1.96. The minimum Gasteiger partial charge on any atom is -0.456 e. The molecule has 0 aliphatic heterocycles. The van der Waals surface area contributed by atoms with Crippen LogP contribution in [0.25, 0.3) is 110 Å². The van der Waals surface area contributed by atoms with Gasteiger partial charge in [0.25, 0.3) is 0 Å². The number of rotatable bonds is 7. The number of hydrogen-bond acceptors (Lipinski definition) is 1. The summed E-state index contributed by atoms with van der Waals surface area (Å²) >= 11 is 0. The molecule has 0 atom stereocenters. The predicted molar refractivity (Wildman–Crippen MR) is 273 cm³/mol. The van der Waals surface area contributed by atoms with Crippen molar-refractivity contribution in [2.45, 2.75) is 13.3 Å². The molecule has 0 radical (unpaired) electrons. The highest BCUT2D eigenvalue weighted by Gasteiger charge is 2.20. The molecule has 0 unspecified atom stereocenters. The molecule has 13 aromatic rings. The van der Waals surface area contributed by atoms with Crippen LogP contribution in [0.15, 0.2) is 229 Å². The van der Waals surface area contributed by atoms with Crippen LogP contribution in [-0.4, -0.2) is 9.13 Å². The van der Waals surface area contributed by atoms with Gasteiger partial charge >= 0.3 is 0 Å². The number of para-hydroxylation sites is 3. The number of aryl methyl sites for hydroxylation is 1. The van der Waals surface area contributed by atoms with Crippen molar-refractivity contribution >= 4 is 65.6 Å². The summed E-state index contributed by atoms with van der Waals surface area (Å²) in [6, 6.07) is 81.7. The largest absolute Gasteiger partial charge is 0.456 e. The molecule has 65 heavy (non-hydrogen) atoms. The number of benzene rings is 10. The number of furan rings is 1. The molecule has 0 saturated carbocycles. The normalized spacial score (nSPS) is 11.8. The van der Waals surface area contributed by atoms with Gasteiger partial charge in [-0.05, 0) is 148 Å². The number of hydrogen-bond donors (Lipinski definition) is 0. The Kier molecular flexibility index (Phi) is 8.50. The summed E-state index contributed by atoms with van der Waals surface area (Å²) in [5.41, 5.74) is 19.9. The Balaban J connectivity index is 0.975. The summed E-state index contributed by atoms with van der Waals surface area (Å²) in [6.45, 7) is 2.26. The average Bonchev–Trinajstić information content (AvgIpc) is 4.01. The predicted octanol–water partition coefficient (Wildman–Crippen LogP) is 16.7. The third-order valence-corrected chi connectivity index (χ3v) is 13.5. The van der Waals surface area contributed by atoms with E-state index in [1.807, 2.05) is 0 Å². The van der Waals surface area contributed by atoms with E-state index in [1.54, 1.807) is 0 Å². The Morgan fingerprint density at radius 3 is 1.68 bits per heavy atom. The van der Waals surface area contributed by atoms with Gasteiger partial charge in [0.1, 0.15) is 11.2 Å². The molecule has 0 N–H and O–H groups in total. The van der Waals surface area contributed by atoms with Gasteiger partial charge in [0.2, 0.25) is 0 Å². The lowest BCUT2D eigenvalue weighted by Gasteiger charge is -2.14. The summed E-state index contributed by atoms with van der Waals surface area (Å²) in [4.78, 5) is 0. The highest BCUT2D eigenvalue weighted by atomic mass is 16.3. The molecular weight excluding hydrogens is 789 g/mol. The molecule has 0 bridgehead atoms. The number of aromatic nitrogens is 2. The molecule has 0 saturated heterocycles. The van der Waals surface area contributed by atoms with E-state index >= 15 is 0 Å². The molecule has 0 amide bonds. The van der Waals surface area contributed by atoms with Gasteiger partial charge in [-0.25, -0.2) is 0 Å². The zero-order valence-electron chi connectivity index (χ0n) is 35.9. The zero-order valence-corrected chi connectivity index (χ0v) is 35.9. The minimum absolute atomic E-state index is 0.880. The lowest BCUT2D eigenvalue weighted by atomic mass is 9.91. The maximum atomic E-state index is 6.61. The Hall–Kier alpha value is -8.40. The van der Waals surface area contributed by atoms with Crippen LogP contribution in [0.3, 0.4) is 0 Å². The first-order valence-electron chi connectivity index (χ1n) is 22.5. The van der Waals surface area contributed by atoms with E-state index in [1.165, 1.54) is 82.6 Å². The van der Waals surface area contributed by atoms with Crippen molar-refractivity contribution < 1.29 is 4.42 Å². The summed E-state index contributed by atoms with van der Waals surface area (Å²) in [7, 11) is 0. The van der Waals surface area contributed by atoms with Gasteiger partial charge in [0, 0.05) is 43.7 Å². The van der Waals surface area contributed by atoms with Gasteiger partial charge in [-0.15, -0.1) is 0 Å². The minimum atomic E-state index is 0.880. The van der Waals surface area contributed by atoms with Crippen LogP contribution in [0, 0.1) is 6.92 Å². The fourth-order valence-electron chi connectivity index (χ4n) is 10.5. The molecule has 0 fully saturated rings. The summed E-state index contributed by atoms with van der Waals surface area (Å²) in [5, 5.41) is 7.17. The molecule has 3 nitrogen and oxygen atoms in total. The molecule has 3 heterocycles. The quantitative estimate of drug-likeness (QED) is 0.157. The summed E-state index contributed by atoms with van der Waals surface area (Å²) < 4.78 is 11.4. The highest BCUT2D eigenvalue weighted by molar-refractivity contribution is 6.16. The molecule has 3 aromatic heterocycles. The van der Waals surface area contributed by atoms with Crippen LogP contribution in [0.5, 0.6) is 0 Å². The number of nitrogens with zero attached hydrogens (tertiary/aromatic N) is 2. The molecule has 3 heteroatoms. The van der Waals surface area contributed by atoms with Crippen molar-refractivity contribution in [2.75, 3.05) is 0 Å². The van der Waals surface area contributed by atoms with E-state index in [9.17, 15) is 0 Å². The van der Waals surface area contributed by atoms with Crippen LogP contribution in [0.1, 0.15) is 16.7 Å². The van der Waals surface area contributed by atoms with Crippen molar-refractivity contribution in [3.8, 4) is 44.8 Å². The van der Waals surface area contributed by atoms with Crippen molar-refractivity contribution in [3.63, 3.8) is 0 Å². The molecule has 10 aromatic carbocycles. The maximum Gasteiger partial charge on any atom is 0.136 e. The van der Waals surface area contributed by atoms with Gasteiger partial charge in [-0.2, -0.15) is 0 Å². The van der Waals surface area contributed by atoms with Crippen LogP contribution < -0.4 is 0 Å². The fourth-order valence-corrected chi connectivity index (χ4v) is 10.5. The van der Waals surface area contributed by atoms with Crippen molar-refractivity contribution in [1.82, 2.24) is 9.13 Å². The van der Waals surface area contributed by atoms with E-state index in [4.69, 9.17) is 4.42 Å². The van der Waals surface area contributed by atoms with Crippen molar-refractivity contribution in [3.05, 3.63) is 241 Å². The first-order chi connectivity index (χ1) is 32.1. The van der Waals surface area contributed by atoms with Crippen LogP contribution in [-0.2, 0) is 6.42 Å². The standard InChI is InChI=1S/C62H42N2O/c1-40-34-59-54(39-51(40)48-23-12-11-18-44(48)35-41-16-5-2-6-17-41)53-36-42(28-31-58(53)64(59)47-21-9-4-10-22-47)43-30-33-60-55(37-43)62-49(25-15-27-61(62)65-60)45-29-32-57-52(38-45)50-24-13-14-26-56(50)63(57)46-19-7-3-8-20-46/h2-34,36-39H,35H2,1H3. The van der Waals surface area contributed by atoms with Crippen LogP contribution in [0.2, 0.25) is 0 Å². The third-order valence-electron chi connectivity index (χ3n) is 13.5. The van der Waals surface area contributed by atoms with Crippen LogP contribution in [0.4, 0.5) is 0 Å². The second-order valence-electron chi connectivity index (χ2n) is 17.3. The Morgan fingerprint density at radius 1 is 0.354 bits per heavy atom. The maximum absolute atomic E-state index is 6.61. The first-order valence-corrected chi connectivity index (χ1v) is 22.5. The Morgan fingerprint density at radius 2 is 0.908 bits per heavy atom. The van der Waals surface area contributed by atoms with Gasteiger partial charge in [0.15, 0.2) is 0 Å². The molecule has 0 aliphatic carbocycles. The van der Waals surface area contributed by atoms with Gasteiger partial charge in [0.05, 0.1) is 22.1 Å². The molecular formula is C62H42N2O. The summed E-state index contributed by atoms with van der Waals surface area (Å²) in [5.74, 6) is 0. The topological polar surface area (TPSA) is 23.0 Å². The highest BCUT2D eigenvalue weighted by Crippen LogP contribution is 2.43. The molecule has 0 aliphatic rings. The average molecular weight is 831 g/mol. The van der Waals surface area contributed by atoms with E-state index in [2.05, 4.69) is 241 Å². The monoisotopic (exact) mass is 830 g/mol. The lowest BCUT2D eigenvalue weighted by molar-refractivity contribution is 0.669. The smallest absolute Gasteiger partial charge is 0.136 e. The van der Waals surface area contributed by atoms with Crippen molar-refractivity contribution in [1.29, 1.82) is 0 Å². The Labute approximate surface area is 376 Å². The molecule has 306 valence electrons. The van der Waals surface area contributed by atoms with Crippen molar-refractivity contribution in [2.24, 2.45) is 0 Å². The van der Waals surface area contributed by atoms with E-state index in [0.29, 0.717) is 0 Å². The zero-order chi connectivity index (χ0) is 43.0. The van der Waals surface area contributed by atoms with Gasteiger partial charge in [-0.1, -0.05) is 140 Å². The third kappa shape index (κ3) is 6.04. The first kappa shape index (κ1) is 37.2. The SMILES string of the molecule is Cc1cc2c(cc1-c1ccccc1Cc1ccccc1)c1cc(-c3ccc4oc5cccc(-c6ccc7c(c6)c6ccccc6n7-c6ccccc6)c5c4c3)ccc1n2-c1ccccc1. The second kappa shape index (κ2) is 14.9. The summed E-state index contributed by atoms with van der Waals surface area (Å²) in [6.07, 6.45) is 0.880. The van der Waals surface area contributed by atoms with E-state index in [0.717, 1.165) is 50.9 Å². The Bertz CT molecular complexity index is 3960.